The van der Waals surface area contributed by atoms with Crippen molar-refractivity contribution >= 4 is 11.9 Å². The molecular formula is C18H23NO4. The summed E-state index contributed by atoms with van der Waals surface area (Å²) in [6.45, 7) is 0.329. The summed E-state index contributed by atoms with van der Waals surface area (Å²) < 4.78 is 9.75. The molecule has 23 heavy (non-hydrogen) atoms. The highest BCUT2D eigenvalue weighted by Gasteiger charge is 2.22. The van der Waals surface area contributed by atoms with Gasteiger partial charge in [0.2, 0.25) is 5.91 Å². The first-order chi connectivity index (χ1) is 11.1. The molecule has 0 saturated carbocycles. The number of hydrogen-bond donors (Lipinski definition) is 1. The lowest BCUT2D eigenvalue weighted by Crippen LogP contribution is -2.26. The van der Waals surface area contributed by atoms with Crippen LogP contribution in [0.15, 0.2) is 30.4 Å². The number of amides is 1. The van der Waals surface area contributed by atoms with Gasteiger partial charge >= 0.3 is 5.97 Å². The fourth-order valence-corrected chi connectivity index (χ4v) is 2.92. The number of methoxy groups -OCH3 is 2. The van der Waals surface area contributed by atoms with Crippen molar-refractivity contribution in [2.24, 2.45) is 0 Å². The molecule has 0 saturated heterocycles. The van der Waals surface area contributed by atoms with E-state index in [1.165, 1.54) is 24.3 Å². The third-order valence-electron chi connectivity index (χ3n) is 4.09. The molecule has 5 nitrogen and oxygen atoms in total. The Hall–Kier alpha value is -2.30. The van der Waals surface area contributed by atoms with Crippen molar-refractivity contribution in [3.63, 3.8) is 0 Å². The summed E-state index contributed by atoms with van der Waals surface area (Å²) >= 11 is 0. The maximum absolute atomic E-state index is 12.1. The lowest BCUT2D eigenvalue weighted by Gasteiger charge is -2.25. The normalized spacial score (nSPS) is 16.7. The molecule has 0 heterocycles. The first kappa shape index (κ1) is 17.1. The molecule has 1 amide bonds. The van der Waals surface area contributed by atoms with Gasteiger partial charge in [0, 0.05) is 19.0 Å². The zero-order valence-electron chi connectivity index (χ0n) is 13.6. The van der Waals surface area contributed by atoms with Crippen LogP contribution in [0.4, 0.5) is 0 Å². The van der Waals surface area contributed by atoms with E-state index in [-0.39, 0.29) is 11.8 Å². The Labute approximate surface area is 136 Å². The molecule has 1 aliphatic carbocycles. The molecule has 0 bridgehead atoms. The van der Waals surface area contributed by atoms with Crippen LogP contribution in [0.1, 0.15) is 36.3 Å². The van der Waals surface area contributed by atoms with Gasteiger partial charge in [-0.25, -0.2) is 4.79 Å². The molecule has 0 spiro atoms. The van der Waals surface area contributed by atoms with Crippen molar-refractivity contribution in [3.05, 3.63) is 41.5 Å². The van der Waals surface area contributed by atoms with Gasteiger partial charge in [-0.2, -0.15) is 0 Å². The van der Waals surface area contributed by atoms with E-state index < -0.39 is 5.97 Å². The Morgan fingerprint density at radius 2 is 2.17 bits per heavy atom. The molecule has 124 valence electrons. The van der Waals surface area contributed by atoms with Crippen LogP contribution in [0.2, 0.25) is 0 Å². The molecular weight excluding hydrogens is 294 g/mol. The summed E-state index contributed by atoms with van der Waals surface area (Å²) in [5.41, 5.74) is 2.52. The maximum atomic E-state index is 12.1. The lowest BCUT2D eigenvalue weighted by molar-refractivity contribution is -0.134. The van der Waals surface area contributed by atoms with E-state index in [4.69, 9.17) is 4.74 Å². The second-order valence-corrected chi connectivity index (χ2v) is 5.59. The number of ether oxygens (including phenoxy) is 2. The summed E-state index contributed by atoms with van der Waals surface area (Å²) in [6, 6.07) is 6.09. The average molecular weight is 317 g/mol. The minimum atomic E-state index is -0.422. The van der Waals surface area contributed by atoms with Crippen molar-refractivity contribution < 1.29 is 19.1 Å². The molecule has 0 aromatic heterocycles. The van der Waals surface area contributed by atoms with Gasteiger partial charge in [0.05, 0.1) is 14.2 Å². The fourth-order valence-electron chi connectivity index (χ4n) is 2.92. The first-order valence-corrected chi connectivity index (χ1v) is 7.82. The van der Waals surface area contributed by atoms with Crippen molar-refractivity contribution in [2.45, 2.75) is 31.6 Å². The fraction of sp³-hybridized carbons (Fsp3) is 0.444. The van der Waals surface area contributed by atoms with Gasteiger partial charge in [0.25, 0.3) is 0 Å². The molecule has 0 radical (unpaired) electrons. The Morgan fingerprint density at radius 3 is 2.91 bits per heavy atom. The number of carbonyl (C=O) groups is 2. The second-order valence-electron chi connectivity index (χ2n) is 5.59. The summed E-state index contributed by atoms with van der Waals surface area (Å²) in [4.78, 5) is 23.0. The van der Waals surface area contributed by atoms with Crippen LogP contribution < -0.4 is 10.1 Å². The van der Waals surface area contributed by atoms with Crippen LogP contribution in [0, 0.1) is 0 Å². The van der Waals surface area contributed by atoms with Gasteiger partial charge in [-0.05, 0) is 48.4 Å². The summed E-state index contributed by atoms with van der Waals surface area (Å²) in [5, 5.41) is 2.80. The van der Waals surface area contributed by atoms with Crippen LogP contribution in [-0.2, 0) is 20.7 Å². The first-order valence-electron chi connectivity index (χ1n) is 7.82. The molecule has 1 unspecified atom stereocenters. The van der Waals surface area contributed by atoms with Gasteiger partial charge in [0.1, 0.15) is 5.75 Å². The lowest BCUT2D eigenvalue weighted by atomic mass is 9.81. The number of benzene rings is 1. The van der Waals surface area contributed by atoms with Crippen LogP contribution in [0.5, 0.6) is 5.75 Å². The van der Waals surface area contributed by atoms with Crippen LogP contribution in [-0.4, -0.2) is 32.6 Å². The molecule has 1 aliphatic rings. The van der Waals surface area contributed by atoms with Crippen LogP contribution >= 0.6 is 0 Å². The van der Waals surface area contributed by atoms with E-state index in [1.807, 2.05) is 6.07 Å². The third-order valence-corrected chi connectivity index (χ3v) is 4.09. The van der Waals surface area contributed by atoms with E-state index in [0.29, 0.717) is 13.0 Å². The number of nitrogens with one attached hydrogen (secondary N) is 1. The summed E-state index contributed by atoms with van der Waals surface area (Å²) in [5.74, 6) is 0.679. The molecule has 1 aromatic carbocycles. The maximum Gasteiger partial charge on any atom is 0.330 e. The zero-order valence-corrected chi connectivity index (χ0v) is 13.6. The average Bonchev–Trinajstić information content (AvgIpc) is 2.58. The largest absolute Gasteiger partial charge is 0.497 e. The summed E-state index contributed by atoms with van der Waals surface area (Å²) in [6.07, 6.45) is 6.49. The van der Waals surface area contributed by atoms with Crippen molar-refractivity contribution in [3.8, 4) is 5.75 Å². The Kier molecular flexibility index (Phi) is 6.20. The molecule has 5 heteroatoms. The number of hydrogen-bond acceptors (Lipinski definition) is 4. The highest BCUT2D eigenvalue weighted by atomic mass is 16.5. The van der Waals surface area contributed by atoms with Crippen LogP contribution in [0.25, 0.3) is 0 Å². The van der Waals surface area contributed by atoms with E-state index >= 15 is 0 Å². The summed E-state index contributed by atoms with van der Waals surface area (Å²) in [7, 11) is 2.98. The SMILES string of the molecule is COC(=O)/C=C/CNC(=O)CC1CCCc2cc(OC)ccc21. The standard InChI is InChI=1S/C18H23NO4/c1-22-15-8-9-16-13(11-15)5-3-6-14(16)12-17(20)19-10-4-7-18(21)23-2/h4,7-9,11,14H,3,5-6,10,12H2,1-2H3,(H,19,20)/b7-4+. The van der Waals surface area contributed by atoms with Gasteiger partial charge < -0.3 is 14.8 Å². The van der Waals surface area contributed by atoms with Crippen LogP contribution in [0.3, 0.4) is 0 Å². The van der Waals surface area contributed by atoms with Gasteiger partial charge in [-0.3, -0.25) is 4.79 Å². The topological polar surface area (TPSA) is 64.6 Å². The zero-order chi connectivity index (χ0) is 16.7. The smallest absolute Gasteiger partial charge is 0.330 e. The van der Waals surface area contributed by atoms with Crippen molar-refractivity contribution in [1.29, 1.82) is 0 Å². The van der Waals surface area contributed by atoms with E-state index in [1.54, 1.807) is 13.2 Å². The molecule has 0 fully saturated rings. The van der Waals surface area contributed by atoms with Gasteiger partial charge in [-0.15, -0.1) is 0 Å². The predicted octanol–water partition coefficient (Wildman–Crippen LogP) is 2.35. The Bertz CT molecular complexity index is 595. The van der Waals surface area contributed by atoms with E-state index in [0.717, 1.165) is 25.0 Å². The second kappa shape index (κ2) is 8.36. The Morgan fingerprint density at radius 1 is 1.35 bits per heavy atom. The van der Waals surface area contributed by atoms with E-state index in [9.17, 15) is 9.59 Å². The van der Waals surface area contributed by atoms with Crippen molar-refractivity contribution in [1.82, 2.24) is 5.32 Å². The van der Waals surface area contributed by atoms with Crippen molar-refractivity contribution in [2.75, 3.05) is 20.8 Å². The number of carbonyl (C=O) groups excluding carboxylic acids is 2. The molecule has 1 atom stereocenters. The Balaban J connectivity index is 1.90. The predicted molar refractivity (Wildman–Crippen MR) is 87.5 cm³/mol. The number of fused-ring (bicyclic) bond motifs is 1. The number of aryl methyl sites for hydroxylation is 1. The highest BCUT2D eigenvalue weighted by molar-refractivity contribution is 5.82. The third kappa shape index (κ3) is 4.84. The quantitative estimate of drug-likeness (QED) is 0.646. The monoisotopic (exact) mass is 317 g/mol. The van der Waals surface area contributed by atoms with E-state index in [2.05, 4.69) is 22.2 Å². The highest BCUT2D eigenvalue weighted by Crippen LogP contribution is 2.35. The molecule has 1 N–H and O–H groups in total. The number of rotatable bonds is 6. The minimum absolute atomic E-state index is 0.00631. The minimum Gasteiger partial charge on any atom is -0.497 e. The molecule has 1 aromatic rings. The van der Waals surface area contributed by atoms with Gasteiger partial charge in [-0.1, -0.05) is 12.1 Å². The van der Waals surface area contributed by atoms with Gasteiger partial charge in [0.15, 0.2) is 0 Å². The number of esters is 1. The molecule has 2 rings (SSSR count). The molecule has 0 aliphatic heterocycles.